The first kappa shape index (κ1) is 16.4. The van der Waals surface area contributed by atoms with Crippen LogP contribution >= 0.6 is 12.4 Å². The fourth-order valence-electron chi connectivity index (χ4n) is 2.32. The van der Waals surface area contributed by atoms with Crippen LogP contribution in [0.1, 0.15) is 31.2 Å². The lowest BCUT2D eigenvalue weighted by Gasteiger charge is -2.30. The maximum atomic E-state index is 12.3. The summed E-state index contributed by atoms with van der Waals surface area (Å²) in [5.74, 6) is 0.330. The van der Waals surface area contributed by atoms with E-state index in [4.69, 9.17) is 4.52 Å². The molecule has 2 N–H and O–H groups in total. The van der Waals surface area contributed by atoms with E-state index in [0.717, 1.165) is 19.4 Å². The number of piperidine rings is 1. The summed E-state index contributed by atoms with van der Waals surface area (Å²) in [6.45, 7) is 6.16. The molecule has 0 bridgehead atoms. The summed E-state index contributed by atoms with van der Waals surface area (Å²) in [5.41, 5.74) is 0.399. The molecule has 0 spiro atoms. The van der Waals surface area contributed by atoms with Gasteiger partial charge in [0.2, 0.25) is 10.0 Å². The van der Waals surface area contributed by atoms with Crippen molar-refractivity contribution in [3.05, 3.63) is 11.5 Å². The van der Waals surface area contributed by atoms with E-state index in [1.165, 1.54) is 0 Å². The molecular weight excluding hydrogens is 290 g/mol. The van der Waals surface area contributed by atoms with Gasteiger partial charge in [-0.15, -0.1) is 12.4 Å². The SMILES string of the molecule is Cc1noc(C)c1S(=O)(=O)NC1CCCNC1C.Cl. The summed E-state index contributed by atoms with van der Waals surface area (Å²) < 4.78 is 32.3. The van der Waals surface area contributed by atoms with Crippen molar-refractivity contribution in [2.24, 2.45) is 0 Å². The molecule has 1 fully saturated rings. The molecule has 8 heteroatoms. The zero-order valence-corrected chi connectivity index (χ0v) is 12.9. The van der Waals surface area contributed by atoms with E-state index >= 15 is 0 Å². The van der Waals surface area contributed by atoms with Crippen molar-refractivity contribution in [3.63, 3.8) is 0 Å². The molecule has 6 nitrogen and oxygen atoms in total. The summed E-state index contributed by atoms with van der Waals surface area (Å²) in [6, 6.07) is 0.0476. The fourth-order valence-corrected chi connectivity index (χ4v) is 4.00. The first-order valence-corrected chi connectivity index (χ1v) is 7.58. The number of hydrogen-bond donors (Lipinski definition) is 2. The van der Waals surface area contributed by atoms with Gasteiger partial charge < -0.3 is 9.84 Å². The van der Waals surface area contributed by atoms with E-state index in [9.17, 15) is 8.42 Å². The van der Waals surface area contributed by atoms with Crippen molar-refractivity contribution < 1.29 is 12.9 Å². The van der Waals surface area contributed by atoms with Gasteiger partial charge in [-0.05, 0) is 40.2 Å². The molecular formula is C11H20ClN3O3S. The summed E-state index contributed by atoms with van der Waals surface area (Å²) in [6.07, 6.45) is 1.82. The van der Waals surface area contributed by atoms with Gasteiger partial charge >= 0.3 is 0 Å². The average molecular weight is 310 g/mol. The van der Waals surface area contributed by atoms with Crippen molar-refractivity contribution in [2.75, 3.05) is 6.54 Å². The molecule has 1 aliphatic heterocycles. The van der Waals surface area contributed by atoms with Gasteiger partial charge in [-0.25, -0.2) is 13.1 Å². The highest BCUT2D eigenvalue weighted by Gasteiger charge is 2.30. The smallest absolute Gasteiger partial charge is 0.246 e. The lowest BCUT2D eigenvalue weighted by Crippen LogP contribution is -2.51. The van der Waals surface area contributed by atoms with E-state index in [2.05, 4.69) is 15.2 Å². The molecule has 2 unspecified atom stereocenters. The van der Waals surface area contributed by atoms with E-state index in [-0.39, 0.29) is 29.4 Å². The van der Waals surface area contributed by atoms with Crippen LogP contribution in [0, 0.1) is 13.8 Å². The maximum Gasteiger partial charge on any atom is 0.246 e. The molecule has 0 radical (unpaired) electrons. The first-order chi connectivity index (χ1) is 8.42. The predicted molar refractivity (Wildman–Crippen MR) is 74.0 cm³/mol. The van der Waals surface area contributed by atoms with E-state index in [1.807, 2.05) is 6.92 Å². The zero-order valence-electron chi connectivity index (χ0n) is 11.3. The van der Waals surface area contributed by atoms with Crippen LogP contribution in [0.4, 0.5) is 0 Å². The standard InChI is InChI=1S/C11H19N3O3S.ClH/c1-7-10(5-4-6-12-7)14-18(15,16)11-8(2)13-17-9(11)3;/h7,10,12,14H,4-6H2,1-3H3;1H. The second-order valence-electron chi connectivity index (χ2n) is 4.77. The van der Waals surface area contributed by atoms with Crippen LogP contribution in [0.25, 0.3) is 0 Å². The van der Waals surface area contributed by atoms with Crippen molar-refractivity contribution in [1.29, 1.82) is 0 Å². The zero-order chi connectivity index (χ0) is 13.3. The Kier molecular flexibility index (Phi) is 5.37. The number of aryl methyl sites for hydroxylation is 2. The Morgan fingerprint density at radius 1 is 1.42 bits per heavy atom. The molecule has 0 amide bonds. The highest BCUT2D eigenvalue weighted by atomic mass is 35.5. The number of hydrogen-bond acceptors (Lipinski definition) is 5. The third-order valence-electron chi connectivity index (χ3n) is 3.30. The monoisotopic (exact) mass is 309 g/mol. The van der Waals surface area contributed by atoms with E-state index in [1.54, 1.807) is 13.8 Å². The highest BCUT2D eigenvalue weighted by Crippen LogP contribution is 2.20. The fraction of sp³-hybridized carbons (Fsp3) is 0.727. The van der Waals surface area contributed by atoms with Crippen LogP contribution in [0.2, 0.25) is 0 Å². The number of nitrogens with one attached hydrogen (secondary N) is 2. The van der Waals surface area contributed by atoms with Crippen LogP contribution < -0.4 is 10.0 Å². The molecule has 110 valence electrons. The summed E-state index contributed by atoms with van der Waals surface area (Å²) in [4.78, 5) is 0.167. The number of sulfonamides is 1. The minimum absolute atomic E-state index is 0. The van der Waals surface area contributed by atoms with Crippen molar-refractivity contribution in [3.8, 4) is 0 Å². The molecule has 2 rings (SSSR count). The van der Waals surface area contributed by atoms with Gasteiger partial charge in [-0.1, -0.05) is 5.16 Å². The van der Waals surface area contributed by atoms with Crippen LogP contribution in [-0.2, 0) is 10.0 Å². The van der Waals surface area contributed by atoms with E-state index in [0.29, 0.717) is 11.5 Å². The second-order valence-corrected chi connectivity index (χ2v) is 6.42. The van der Waals surface area contributed by atoms with Crippen LogP contribution in [-0.4, -0.2) is 32.2 Å². The molecule has 2 heterocycles. The lowest BCUT2D eigenvalue weighted by molar-refractivity contribution is 0.348. The Bertz CT molecular complexity index is 510. The average Bonchev–Trinajstić information content (AvgIpc) is 2.62. The predicted octanol–water partition coefficient (Wildman–Crippen LogP) is 1.13. The van der Waals surface area contributed by atoms with Crippen molar-refractivity contribution in [1.82, 2.24) is 15.2 Å². The third-order valence-corrected chi connectivity index (χ3v) is 5.04. The number of halogens is 1. The minimum Gasteiger partial charge on any atom is -0.360 e. The maximum absolute atomic E-state index is 12.3. The van der Waals surface area contributed by atoms with Gasteiger partial charge in [-0.2, -0.15) is 0 Å². The molecule has 1 saturated heterocycles. The van der Waals surface area contributed by atoms with Gasteiger partial charge in [0.05, 0.1) is 0 Å². The van der Waals surface area contributed by atoms with Gasteiger partial charge in [0, 0.05) is 12.1 Å². The Hall–Kier alpha value is -0.630. The summed E-state index contributed by atoms with van der Waals surface area (Å²) >= 11 is 0. The molecule has 2 atom stereocenters. The van der Waals surface area contributed by atoms with Crippen LogP contribution in [0.15, 0.2) is 9.42 Å². The molecule has 19 heavy (non-hydrogen) atoms. The van der Waals surface area contributed by atoms with Crippen molar-refractivity contribution >= 4 is 22.4 Å². The number of aromatic nitrogens is 1. The number of rotatable bonds is 3. The van der Waals surface area contributed by atoms with Gasteiger partial charge in [0.25, 0.3) is 0 Å². The Balaban J connectivity index is 0.00000180. The Morgan fingerprint density at radius 3 is 2.63 bits per heavy atom. The molecule has 1 aromatic rings. The van der Waals surface area contributed by atoms with Gasteiger partial charge in [0.15, 0.2) is 5.76 Å². The normalized spacial score (nSPS) is 23.9. The van der Waals surface area contributed by atoms with Crippen molar-refractivity contribution in [2.45, 2.75) is 50.6 Å². The highest BCUT2D eigenvalue weighted by molar-refractivity contribution is 7.89. The van der Waals surface area contributed by atoms with Gasteiger partial charge in [-0.3, -0.25) is 0 Å². The number of nitrogens with zero attached hydrogens (tertiary/aromatic N) is 1. The third kappa shape index (κ3) is 3.47. The van der Waals surface area contributed by atoms with E-state index < -0.39 is 10.0 Å². The van der Waals surface area contributed by atoms with Crippen LogP contribution in [0.3, 0.4) is 0 Å². The topological polar surface area (TPSA) is 84.2 Å². The first-order valence-electron chi connectivity index (χ1n) is 6.10. The Labute approximate surface area is 119 Å². The molecule has 0 aromatic carbocycles. The molecule has 1 aliphatic rings. The largest absolute Gasteiger partial charge is 0.360 e. The minimum atomic E-state index is -3.56. The lowest BCUT2D eigenvalue weighted by atomic mass is 10.0. The Morgan fingerprint density at radius 2 is 2.11 bits per heavy atom. The van der Waals surface area contributed by atoms with Gasteiger partial charge in [0.1, 0.15) is 10.6 Å². The molecule has 0 saturated carbocycles. The molecule has 1 aromatic heterocycles. The summed E-state index contributed by atoms with van der Waals surface area (Å²) in [7, 11) is -3.56. The summed E-state index contributed by atoms with van der Waals surface area (Å²) in [5, 5.41) is 6.95. The second kappa shape index (κ2) is 6.21. The quantitative estimate of drug-likeness (QED) is 0.874. The molecule has 0 aliphatic carbocycles. The van der Waals surface area contributed by atoms with Crippen LogP contribution in [0.5, 0.6) is 0 Å².